The van der Waals surface area contributed by atoms with Gasteiger partial charge in [-0.1, -0.05) is 29.3 Å². The highest BCUT2D eigenvalue weighted by atomic mass is 35.5. The molecule has 0 atom stereocenters. The molecule has 0 bridgehead atoms. The lowest BCUT2D eigenvalue weighted by Gasteiger charge is -2.30. The first-order valence-electron chi connectivity index (χ1n) is 9.46. The standard InChI is InChI=1S/C19H21Cl2N5O4/c1-2-30-18(29)15-16(22-10-12-3-4-13(20)9-14(12)21)23-19(25-24-15)26-7-5-11(6-8-26)17(27)28/h3-4,9,11H,2,5-8,10H2,1H3,(H,27,28)(H,22,23,25). The van der Waals surface area contributed by atoms with Crippen molar-refractivity contribution >= 4 is 46.9 Å². The molecule has 1 aliphatic heterocycles. The number of piperidine rings is 1. The van der Waals surface area contributed by atoms with E-state index in [9.17, 15) is 9.59 Å². The van der Waals surface area contributed by atoms with Crippen LogP contribution >= 0.6 is 23.2 Å². The van der Waals surface area contributed by atoms with Crippen molar-refractivity contribution in [2.24, 2.45) is 5.92 Å². The topological polar surface area (TPSA) is 118 Å². The average Bonchev–Trinajstić information content (AvgIpc) is 2.73. The molecule has 160 valence electrons. The Labute approximate surface area is 183 Å². The van der Waals surface area contributed by atoms with Gasteiger partial charge in [0.1, 0.15) is 0 Å². The summed E-state index contributed by atoms with van der Waals surface area (Å²) >= 11 is 12.2. The Bertz CT molecular complexity index is 935. The monoisotopic (exact) mass is 453 g/mol. The first-order valence-corrected chi connectivity index (χ1v) is 10.2. The molecule has 1 aromatic heterocycles. The van der Waals surface area contributed by atoms with E-state index in [1.54, 1.807) is 25.1 Å². The number of halogens is 2. The third-order valence-electron chi connectivity index (χ3n) is 4.73. The van der Waals surface area contributed by atoms with Crippen molar-refractivity contribution in [1.82, 2.24) is 15.2 Å². The van der Waals surface area contributed by atoms with E-state index in [2.05, 4.69) is 20.5 Å². The minimum absolute atomic E-state index is 0.0360. The summed E-state index contributed by atoms with van der Waals surface area (Å²) in [6, 6.07) is 5.11. The zero-order valence-corrected chi connectivity index (χ0v) is 17.8. The predicted octanol–water partition coefficient (Wildman–Crippen LogP) is 3.27. The lowest BCUT2D eigenvalue weighted by atomic mass is 9.97. The molecule has 0 radical (unpaired) electrons. The molecule has 0 spiro atoms. The minimum atomic E-state index is -0.798. The number of aliphatic carboxylic acids is 1. The van der Waals surface area contributed by atoms with Gasteiger partial charge in [0, 0.05) is 29.7 Å². The van der Waals surface area contributed by atoms with Crippen LogP contribution in [0.2, 0.25) is 10.0 Å². The van der Waals surface area contributed by atoms with Gasteiger partial charge < -0.3 is 20.1 Å². The van der Waals surface area contributed by atoms with Crippen LogP contribution in [0.1, 0.15) is 35.8 Å². The second-order valence-electron chi connectivity index (χ2n) is 6.72. The number of ether oxygens (including phenoxy) is 1. The number of rotatable bonds is 7. The van der Waals surface area contributed by atoms with E-state index in [1.807, 2.05) is 4.90 Å². The molecule has 1 fully saturated rings. The SMILES string of the molecule is CCOC(=O)c1nnc(N2CCC(C(=O)O)CC2)nc1NCc1ccc(Cl)cc1Cl. The zero-order valence-electron chi connectivity index (χ0n) is 16.3. The van der Waals surface area contributed by atoms with Gasteiger partial charge in [0.15, 0.2) is 5.82 Å². The van der Waals surface area contributed by atoms with Crippen molar-refractivity contribution in [2.75, 3.05) is 29.9 Å². The number of esters is 1. The van der Waals surface area contributed by atoms with Crippen LogP contribution in [-0.2, 0) is 16.1 Å². The molecule has 2 N–H and O–H groups in total. The Morgan fingerprint density at radius 1 is 1.27 bits per heavy atom. The third-order valence-corrected chi connectivity index (χ3v) is 5.32. The number of benzene rings is 1. The van der Waals surface area contributed by atoms with Crippen LogP contribution in [0.3, 0.4) is 0 Å². The molecule has 11 heteroatoms. The Balaban J connectivity index is 1.81. The van der Waals surface area contributed by atoms with E-state index in [1.165, 1.54) is 0 Å². The number of carboxylic acid groups (broad SMARTS) is 1. The summed E-state index contributed by atoms with van der Waals surface area (Å²) in [5, 5.41) is 21.3. The molecular formula is C19H21Cl2N5O4. The molecule has 3 rings (SSSR count). The Morgan fingerprint density at radius 3 is 2.63 bits per heavy atom. The molecule has 0 aliphatic carbocycles. The molecule has 1 aliphatic rings. The van der Waals surface area contributed by atoms with Crippen LogP contribution < -0.4 is 10.2 Å². The van der Waals surface area contributed by atoms with Gasteiger partial charge in [0.05, 0.1) is 12.5 Å². The smallest absolute Gasteiger partial charge is 0.362 e. The van der Waals surface area contributed by atoms with E-state index < -0.39 is 11.9 Å². The van der Waals surface area contributed by atoms with Crippen LogP contribution in [-0.4, -0.2) is 51.9 Å². The van der Waals surface area contributed by atoms with Gasteiger partial charge in [-0.3, -0.25) is 4.79 Å². The van der Waals surface area contributed by atoms with Gasteiger partial charge in [-0.05, 0) is 37.5 Å². The summed E-state index contributed by atoms with van der Waals surface area (Å²) in [4.78, 5) is 29.7. The number of anilines is 2. The number of carbonyl (C=O) groups excluding carboxylic acids is 1. The van der Waals surface area contributed by atoms with Gasteiger partial charge in [-0.2, -0.15) is 4.98 Å². The third kappa shape index (κ3) is 5.28. The van der Waals surface area contributed by atoms with E-state index in [0.717, 1.165) is 5.56 Å². The molecule has 0 amide bonds. The molecule has 0 unspecified atom stereocenters. The maximum Gasteiger partial charge on any atom is 0.362 e. The fourth-order valence-electron chi connectivity index (χ4n) is 3.08. The molecular weight excluding hydrogens is 433 g/mol. The van der Waals surface area contributed by atoms with Crippen molar-refractivity contribution in [2.45, 2.75) is 26.3 Å². The van der Waals surface area contributed by atoms with Crippen molar-refractivity contribution < 1.29 is 19.4 Å². The zero-order chi connectivity index (χ0) is 21.7. The summed E-state index contributed by atoms with van der Waals surface area (Å²) in [5.41, 5.74) is 0.726. The van der Waals surface area contributed by atoms with Crippen molar-refractivity contribution in [3.8, 4) is 0 Å². The lowest BCUT2D eigenvalue weighted by Crippen LogP contribution is -2.37. The Morgan fingerprint density at radius 2 is 2.00 bits per heavy atom. The van der Waals surface area contributed by atoms with E-state index in [4.69, 9.17) is 33.0 Å². The molecule has 2 aromatic rings. The van der Waals surface area contributed by atoms with E-state index in [0.29, 0.717) is 41.9 Å². The quantitative estimate of drug-likeness (QED) is 0.608. The first kappa shape index (κ1) is 22.0. The van der Waals surface area contributed by atoms with E-state index in [-0.39, 0.29) is 30.6 Å². The fraction of sp³-hybridized carbons (Fsp3) is 0.421. The number of aromatic nitrogens is 3. The van der Waals surface area contributed by atoms with Crippen LogP contribution in [0.5, 0.6) is 0 Å². The maximum atomic E-state index is 12.3. The van der Waals surface area contributed by atoms with Crippen molar-refractivity contribution in [3.63, 3.8) is 0 Å². The summed E-state index contributed by atoms with van der Waals surface area (Å²) in [6.45, 7) is 3.13. The van der Waals surface area contributed by atoms with E-state index >= 15 is 0 Å². The molecule has 0 saturated carbocycles. The highest BCUT2D eigenvalue weighted by Crippen LogP contribution is 2.24. The van der Waals surface area contributed by atoms with Crippen LogP contribution in [0.4, 0.5) is 11.8 Å². The fourth-order valence-corrected chi connectivity index (χ4v) is 3.56. The maximum absolute atomic E-state index is 12.3. The summed E-state index contributed by atoms with van der Waals surface area (Å²) in [7, 11) is 0. The van der Waals surface area contributed by atoms with Gasteiger partial charge >= 0.3 is 11.9 Å². The van der Waals surface area contributed by atoms with Gasteiger partial charge in [0.25, 0.3) is 0 Å². The largest absolute Gasteiger partial charge is 0.481 e. The van der Waals surface area contributed by atoms with Crippen LogP contribution in [0.15, 0.2) is 18.2 Å². The van der Waals surface area contributed by atoms with Crippen LogP contribution in [0, 0.1) is 5.92 Å². The van der Waals surface area contributed by atoms with Crippen LogP contribution in [0.25, 0.3) is 0 Å². The van der Waals surface area contributed by atoms with Gasteiger partial charge in [0.2, 0.25) is 11.6 Å². The highest BCUT2D eigenvalue weighted by molar-refractivity contribution is 6.35. The normalized spacial score (nSPS) is 14.4. The second-order valence-corrected chi connectivity index (χ2v) is 7.56. The van der Waals surface area contributed by atoms with Gasteiger partial charge in [-0.15, -0.1) is 10.2 Å². The highest BCUT2D eigenvalue weighted by Gasteiger charge is 2.27. The summed E-state index contributed by atoms with van der Waals surface area (Å²) < 4.78 is 5.04. The second kappa shape index (κ2) is 9.90. The predicted molar refractivity (Wildman–Crippen MR) is 112 cm³/mol. The number of hydrogen-bond acceptors (Lipinski definition) is 8. The Hall–Kier alpha value is -2.65. The first-order chi connectivity index (χ1) is 14.4. The lowest BCUT2D eigenvalue weighted by molar-refractivity contribution is -0.142. The number of nitrogens with zero attached hydrogens (tertiary/aromatic N) is 4. The summed E-state index contributed by atoms with van der Waals surface area (Å²) in [6.07, 6.45) is 0.975. The number of carboxylic acids is 1. The van der Waals surface area contributed by atoms with Gasteiger partial charge in [-0.25, -0.2) is 4.79 Å². The summed E-state index contributed by atoms with van der Waals surface area (Å²) in [5.74, 6) is -1.29. The Kier molecular flexibility index (Phi) is 7.28. The number of carbonyl (C=O) groups is 2. The van der Waals surface area contributed by atoms with Crippen molar-refractivity contribution in [3.05, 3.63) is 39.5 Å². The minimum Gasteiger partial charge on any atom is -0.481 e. The molecule has 1 aromatic carbocycles. The van der Waals surface area contributed by atoms with Crippen molar-refractivity contribution in [1.29, 1.82) is 0 Å². The molecule has 1 saturated heterocycles. The molecule has 30 heavy (non-hydrogen) atoms. The average molecular weight is 454 g/mol. The number of hydrogen-bond donors (Lipinski definition) is 2. The molecule has 9 nitrogen and oxygen atoms in total. The number of nitrogens with one attached hydrogen (secondary N) is 1. The molecule has 2 heterocycles.